The van der Waals surface area contributed by atoms with Crippen molar-refractivity contribution in [2.75, 3.05) is 19.9 Å². The lowest BCUT2D eigenvalue weighted by Gasteiger charge is -2.33. The van der Waals surface area contributed by atoms with E-state index >= 15 is 0 Å². The summed E-state index contributed by atoms with van der Waals surface area (Å²) in [7, 11) is 0. The van der Waals surface area contributed by atoms with Crippen molar-refractivity contribution in [3.8, 4) is 17.2 Å². The van der Waals surface area contributed by atoms with Gasteiger partial charge in [0, 0.05) is 31.5 Å². The van der Waals surface area contributed by atoms with Crippen LogP contribution in [0.2, 0.25) is 0 Å². The lowest BCUT2D eigenvalue weighted by atomic mass is 9.90. The van der Waals surface area contributed by atoms with Gasteiger partial charge in [0.05, 0.1) is 0 Å². The minimum absolute atomic E-state index is 0.0239. The second-order valence-electron chi connectivity index (χ2n) is 6.66. The molecule has 1 fully saturated rings. The highest BCUT2D eigenvalue weighted by Gasteiger charge is 2.28. The fourth-order valence-electron chi connectivity index (χ4n) is 3.53. The molecule has 2 aliphatic rings. The maximum absolute atomic E-state index is 12.7. The summed E-state index contributed by atoms with van der Waals surface area (Å²) < 4.78 is 16.5. The van der Waals surface area contributed by atoms with Gasteiger partial charge in [-0.25, -0.2) is 0 Å². The van der Waals surface area contributed by atoms with Gasteiger partial charge in [-0.2, -0.15) is 0 Å². The van der Waals surface area contributed by atoms with E-state index in [0.29, 0.717) is 23.2 Å². The van der Waals surface area contributed by atoms with Gasteiger partial charge in [0.1, 0.15) is 5.75 Å². The topological polar surface area (TPSA) is 60.9 Å². The lowest BCUT2D eigenvalue weighted by Crippen LogP contribution is -2.44. The van der Waals surface area contributed by atoms with Gasteiger partial charge in [0.15, 0.2) is 17.6 Å². The van der Waals surface area contributed by atoms with Crippen LogP contribution in [-0.2, 0) is 4.79 Å². The molecule has 0 radical (unpaired) electrons. The fraction of sp³-hybridized carbons (Fsp3) is 0.400. The summed E-state index contributed by atoms with van der Waals surface area (Å²) in [5.41, 5.74) is 1.30. The molecule has 26 heavy (non-hydrogen) atoms. The van der Waals surface area contributed by atoms with Crippen molar-refractivity contribution in [1.29, 1.82) is 0 Å². The molecule has 2 aromatic rings. The molecule has 136 valence electrons. The van der Waals surface area contributed by atoms with Gasteiger partial charge in [-0.15, -0.1) is 0 Å². The summed E-state index contributed by atoms with van der Waals surface area (Å²) >= 11 is 0. The number of carbonyl (C=O) groups is 1. The van der Waals surface area contributed by atoms with E-state index in [1.54, 1.807) is 25.1 Å². The van der Waals surface area contributed by atoms with Crippen LogP contribution in [-0.4, -0.2) is 41.8 Å². The molecule has 6 heteroatoms. The Hall–Kier alpha value is -2.76. The Labute approximate surface area is 152 Å². The summed E-state index contributed by atoms with van der Waals surface area (Å²) in [6.07, 6.45) is 5.05. The number of aromatic nitrogens is 1. The van der Waals surface area contributed by atoms with Crippen LogP contribution in [0.3, 0.4) is 0 Å². The van der Waals surface area contributed by atoms with E-state index in [-0.39, 0.29) is 12.7 Å². The first-order valence-corrected chi connectivity index (χ1v) is 8.96. The monoisotopic (exact) mass is 354 g/mol. The van der Waals surface area contributed by atoms with Crippen molar-refractivity contribution in [2.45, 2.75) is 31.8 Å². The van der Waals surface area contributed by atoms with Crippen LogP contribution in [0.15, 0.2) is 42.7 Å². The van der Waals surface area contributed by atoms with Crippen LogP contribution in [0.1, 0.15) is 31.2 Å². The van der Waals surface area contributed by atoms with Crippen LogP contribution >= 0.6 is 0 Å². The Morgan fingerprint density at radius 3 is 2.65 bits per heavy atom. The Morgan fingerprint density at radius 1 is 1.15 bits per heavy atom. The average Bonchev–Trinajstić information content (AvgIpc) is 3.16. The number of fused-ring (bicyclic) bond motifs is 1. The molecule has 6 nitrogen and oxygen atoms in total. The van der Waals surface area contributed by atoms with Gasteiger partial charge in [-0.3, -0.25) is 9.78 Å². The highest BCUT2D eigenvalue weighted by atomic mass is 16.7. The summed E-state index contributed by atoms with van der Waals surface area (Å²) in [5, 5.41) is 0. The number of pyridine rings is 1. The molecule has 3 heterocycles. The third kappa shape index (κ3) is 3.45. The van der Waals surface area contributed by atoms with E-state index < -0.39 is 6.10 Å². The minimum Gasteiger partial charge on any atom is -0.481 e. The predicted molar refractivity (Wildman–Crippen MR) is 95.4 cm³/mol. The first kappa shape index (κ1) is 16.7. The number of hydrogen-bond acceptors (Lipinski definition) is 5. The summed E-state index contributed by atoms with van der Waals surface area (Å²) in [4.78, 5) is 18.7. The molecule has 0 spiro atoms. The molecule has 0 N–H and O–H groups in total. The summed E-state index contributed by atoms with van der Waals surface area (Å²) in [6.45, 7) is 3.52. The van der Waals surface area contributed by atoms with Gasteiger partial charge in [-0.1, -0.05) is 0 Å². The molecule has 1 aromatic carbocycles. The molecule has 1 amide bonds. The predicted octanol–water partition coefficient (Wildman–Crippen LogP) is 2.98. The van der Waals surface area contributed by atoms with E-state index in [1.807, 2.05) is 17.3 Å². The summed E-state index contributed by atoms with van der Waals surface area (Å²) in [5.74, 6) is 2.49. The number of benzene rings is 1. The van der Waals surface area contributed by atoms with Gasteiger partial charge < -0.3 is 19.1 Å². The van der Waals surface area contributed by atoms with Crippen LogP contribution in [0.5, 0.6) is 17.2 Å². The highest BCUT2D eigenvalue weighted by molar-refractivity contribution is 5.81. The number of hydrogen-bond donors (Lipinski definition) is 0. The standard InChI is InChI=1S/C20H22N2O4/c1-14(26-17-2-3-18-19(12-17)25-13-24-18)20(23)22-10-6-16(7-11-22)15-4-8-21-9-5-15/h2-5,8-9,12,14,16H,6-7,10-11,13H2,1H3/t14-/m0/s1. The zero-order valence-corrected chi connectivity index (χ0v) is 14.8. The van der Waals surface area contributed by atoms with Gasteiger partial charge >= 0.3 is 0 Å². The third-order valence-corrected chi connectivity index (χ3v) is 4.99. The van der Waals surface area contributed by atoms with Crippen LogP contribution < -0.4 is 14.2 Å². The van der Waals surface area contributed by atoms with Crippen molar-refractivity contribution in [3.63, 3.8) is 0 Å². The van der Waals surface area contributed by atoms with Gasteiger partial charge in [0.25, 0.3) is 5.91 Å². The second-order valence-corrected chi connectivity index (χ2v) is 6.66. The fourth-order valence-corrected chi connectivity index (χ4v) is 3.53. The normalized spacial score (nSPS) is 17.8. The molecule has 4 rings (SSSR count). The van der Waals surface area contributed by atoms with Crippen molar-refractivity contribution >= 4 is 5.91 Å². The van der Waals surface area contributed by atoms with Crippen molar-refractivity contribution in [3.05, 3.63) is 48.3 Å². The SMILES string of the molecule is C[C@H](Oc1ccc2c(c1)OCO2)C(=O)N1CCC(c2ccncc2)CC1. The number of likely N-dealkylation sites (tertiary alicyclic amines) is 1. The van der Waals surface area contributed by atoms with E-state index in [1.165, 1.54) is 5.56 Å². The number of amides is 1. The molecular formula is C20H22N2O4. The smallest absolute Gasteiger partial charge is 0.263 e. The Bertz CT molecular complexity index is 773. The molecule has 1 atom stereocenters. The number of rotatable bonds is 4. The minimum atomic E-state index is -0.534. The largest absolute Gasteiger partial charge is 0.481 e. The number of ether oxygens (including phenoxy) is 3. The number of nitrogens with zero attached hydrogens (tertiary/aromatic N) is 2. The van der Waals surface area contributed by atoms with E-state index in [2.05, 4.69) is 17.1 Å². The first-order chi connectivity index (χ1) is 12.7. The van der Waals surface area contributed by atoms with E-state index in [9.17, 15) is 4.79 Å². The van der Waals surface area contributed by atoms with Crippen LogP contribution in [0.4, 0.5) is 0 Å². The Kier molecular flexibility index (Phi) is 4.65. The van der Waals surface area contributed by atoms with Gasteiger partial charge in [-0.05, 0) is 55.5 Å². The Morgan fingerprint density at radius 2 is 1.88 bits per heavy atom. The molecule has 0 bridgehead atoms. The highest BCUT2D eigenvalue weighted by Crippen LogP contribution is 2.35. The Balaban J connectivity index is 1.33. The number of carbonyl (C=O) groups excluding carboxylic acids is 1. The van der Waals surface area contributed by atoms with Crippen molar-refractivity contribution in [1.82, 2.24) is 9.88 Å². The third-order valence-electron chi connectivity index (χ3n) is 4.99. The molecule has 0 aliphatic carbocycles. The molecular weight excluding hydrogens is 332 g/mol. The molecule has 1 aromatic heterocycles. The molecule has 2 aliphatic heterocycles. The average molecular weight is 354 g/mol. The quantitative estimate of drug-likeness (QED) is 0.845. The zero-order chi connectivity index (χ0) is 17.9. The number of piperidine rings is 1. The first-order valence-electron chi connectivity index (χ1n) is 8.96. The second kappa shape index (κ2) is 7.23. The van der Waals surface area contributed by atoms with Crippen molar-refractivity contribution in [2.24, 2.45) is 0 Å². The van der Waals surface area contributed by atoms with E-state index in [4.69, 9.17) is 14.2 Å². The van der Waals surface area contributed by atoms with E-state index in [0.717, 1.165) is 25.9 Å². The van der Waals surface area contributed by atoms with Crippen LogP contribution in [0.25, 0.3) is 0 Å². The van der Waals surface area contributed by atoms with Crippen LogP contribution in [0, 0.1) is 0 Å². The molecule has 0 unspecified atom stereocenters. The summed E-state index contributed by atoms with van der Waals surface area (Å²) in [6, 6.07) is 9.49. The molecule has 1 saturated heterocycles. The maximum atomic E-state index is 12.7. The zero-order valence-electron chi connectivity index (χ0n) is 14.8. The maximum Gasteiger partial charge on any atom is 0.263 e. The lowest BCUT2D eigenvalue weighted by molar-refractivity contribution is -0.139. The van der Waals surface area contributed by atoms with Crippen molar-refractivity contribution < 1.29 is 19.0 Å². The molecule has 0 saturated carbocycles. The van der Waals surface area contributed by atoms with Gasteiger partial charge in [0.2, 0.25) is 6.79 Å².